The van der Waals surface area contributed by atoms with E-state index in [2.05, 4.69) is 21.4 Å². The molecule has 11 nitrogen and oxygen atoms in total. The Morgan fingerprint density at radius 2 is 1.95 bits per heavy atom. The van der Waals surface area contributed by atoms with Crippen LogP contribution in [0.15, 0.2) is 30.7 Å². The average Bonchev–Trinajstić information content (AvgIpc) is 3.31. The van der Waals surface area contributed by atoms with Crippen LogP contribution in [0.5, 0.6) is 5.75 Å². The van der Waals surface area contributed by atoms with Gasteiger partial charge in [0.25, 0.3) is 0 Å². The molecule has 2 aliphatic rings. The highest BCUT2D eigenvalue weighted by Gasteiger charge is 2.27. The fourth-order valence-electron chi connectivity index (χ4n) is 4.55. The molecule has 1 aromatic heterocycles. The molecule has 206 valence electrons. The van der Waals surface area contributed by atoms with Gasteiger partial charge in [0.15, 0.2) is 6.04 Å². The number of primary amides is 1. The second-order valence-corrected chi connectivity index (χ2v) is 9.87. The molecule has 4 rings (SSSR count). The molecule has 1 saturated heterocycles. The van der Waals surface area contributed by atoms with Crippen LogP contribution in [0, 0.1) is 12.8 Å². The number of nitrogens with zero attached hydrogens (tertiary/aromatic N) is 3. The lowest BCUT2D eigenvalue weighted by Gasteiger charge is -2.33. The smallest absolute Gasteiger partial charge is 0.249 e. The Hall–Kier alpha value is -3.89. The predicted molar refractivity (Wildman–Crippen MR) is 141 cm³/mol. The average molecular weight is 527 g/mol. The van der Waals surface area contributed by atoms with E-state index in [9.17, 15) is 19.2 Å². The molecule has 2 aliphatic heterocycles. The van der Waals surface area contributed by atoms with E-state index >= 15 is 0 Å². The van der Waals surface area contributed by atoms with Crippen molar-refractivity contribution >= 4 is 23.6 Å². The van der Waals surface area contributed by atoms with Crippen LogP contribution in [-0.2, 0) is 32.8 Å². The van der Waals surface area contributed by atoms with Crippen molar-refractivity contribution in [3.8, 4) is 5.75 Å². The monoisotopic (exact) mass is 526 g/mol. The lowest BCUT2D eigenvalue weighted by molar-refractivity contribution is -0.135. The first kappa shape index (κ1) is 28.7. The molecule has 0 radical (unpaired) electrons. The van der Waals surface area contributed by atoms with E-state index in [1.807, 2.05) is 30.0 Å². The summed E-state index contributed by atoms with van der Waals surface area (Å²) < 4.78 is 7.74. The van der Waals surface area contributed by atoms with Gasteiger partial charge in [-0.3, -0.25) is 19.2 Å². The normalized spacial score (nSPS) is 21.0. The Morgan fingerprint density at radius 1 is 1.18 bits per heavy atom. The minimum atomic E-state index is -0.943. The number of carbonyl (C=O) groups is 4. The summed E-state index contributed by atoms with van der Waals surface area (Å²) in [5, 5.41) is 5.70. The molecule has 38 heavy (non-hydrogen) atoms. The third kappa shape index (κ3) is 8.60. The molecule has 2 unspecified atom stereocenters. The Kier molecular flexibility index (Phi) is 10.3. The van der Waals surface area contributed by atoms with Gasteiger partial charge in [0, 0.05) is 52.6 Å². The second-order valence-electron chi connectivity index (χ2n) is 9.87. The lowest BCUT2D eigenvalue weighted by Crippen LogP contribution is -2.42. The van der Waals surface area contributed by atoms with Gasteiger partial charge in [0.05, 0.1) is 18.6 Å². The SMILES string of the molecule is CC(N)=O.Cc1ccc2cc1CNC(=O)C(c1cn(C)cn1)NC(=O)CCC(=O)N1CCCC(CCO2)C1. The van der Waals surface area contributed by atoms with E-state index in [4.69, 9.17) is 4.74 Å². The van der Waals surface area contributed by atoms with Crippen LogP contribution < -0.4 is 21.1 Å². The zero-order valence-corrected chi connectivity index (χ0v) is 22.4. The van der Waals surface area contributed by atoms with Crippen molar-refractivity contribution in [2.45, 2.75) is 58.5 Å². The van der Waals surface area contributed by atoms with Gasteiger partial charge in [-0.2, -0.15) is 0 Å². The number of aromatic nitrogens is 2. The van der Waals surface area contributed by atoms with E-state index in [0.717, 1.165) is 42.7 Å². The number of carbonyl (C=O) groups excluding carboxylic acids is 4. The number of ether oxygens (including phenoxy) is 1. The maximum Gasteiger partial charge on any atom is 0.249 e. The topological polar surface area (TPSA) is 149 Å². The number of aryl methyl sites for hydroxylation is 2. The first-order valence-corrected chi connectivity index (χ1v) is 12.9. The fraction of sp³-hybridized carbons (Fsp3) is 0.519. The zero-order chi connectivity index (χ0) is 27.7. The minimum Gasteiger partial charge on any atom is -0.494 e. The molecule has 11 heteroatoms. The largest absolute Gasteiger partial charge is 0.494 e. The summed E-state index contributed by atoms with van der Waals surface area (Å²) in [6, 6.07) is 4.92. The quantitative estimate of drug-likeness (QED) is 0.513. The highest BCUT2D eigenvalue weighted by atomic mass is 16.5. The van der Waals surface area contributed by atoms with E-state index in [-0.39, 0.29) is 36.5 Å². The van der Waals surface area contributed by atoms with Gasteiger partial charge in [0.2, 0.25) is 23.6 Å². The number of hydrogen-bond donors (Lipinski definition) is 3. The molecule has 0 spiro atoms. The molecule has 1 aromatic carbocycles. The van der Waals surface area contributed by atoms with Crippen LogP contribution in [0.1, 0.15) is 61.9 Å². The van der Waals surface area contributed by atoms with E-state index in [1.165, 1.54) is 6.92 Å². The van der Waals surface area contributed by atoms with Crippen molar-refractivity contribution in [1.82, 2.24) is 25.1 Å². The van der Waals surface area contributed by atoms with Crippen LogP contribution in [0.2, 0.25) is 0 Å². The van der Waals surface area contributed by atoms with Gasteiger partial charge in [-0.15, -0.1) is 0 Å². The number of nitrogens with two attached hydrogens (primary N) is 1. The summed E-state index contributed by atoms with van der Waals surface area (Å²) in [4.78, 5) is 53.9. The molecule has 3 heterocycles. The van der Waals surface area contributed by atoms with Crippen molar-refractivity contribution < 1.29 is 23.9 Å². The molecule has 1 fully saturated rings. The Balaban J connectivity index is 0.000000934. The van der Waals surface area contributed by atoms with Crippen molar-refractivity contribution in [2.75, 3.05) is 19.7 Å². The molecule has 4 amide bonds. The second kappa shape index (κ2) is 13.6. The number of rotatable bonds is 1. The Labute approximate surface area is 223 Å². The van der Waals surface area contributed by atoms with Crippen LogP contribution >= 0.6 is 0 Å². The number of piperidine rings is 1. The maximum absolute atomic E-state index is 13.1. The first-order chi connectivity index (χ1) is 18.1. The van der Waals surface area contributed by atoms with Gasteiger partial charge in [-0.05, 0) is 55.4 Å². The van der Waals surface area contributed by atoms with Gasteiger partial charge in [0.1, 0.15) is 5.75 Å². The number of fused-ring (bicyclic) bond motifs is 4. The molecule has 4 N–H and O–H groups in total. The first-order valence-electron chi connectivity index (χ1n) is 12.9. The third-order valence-electron chi connectivity index (χ3n) is 6.59. The van der Waals surface area contributed by atoms with E-state index in [0.29, 0.717) is 31.3 Å². The molecule has 2 atom stereocenters. The van der Waals surface area contributed by atoms with Crippen molar-refractivity contribution in [3.63, 3.8) is 0 Å². The molecular formula is C27H38N6O5. The van der Waals surface area contributed by atoms with Gasteiger partial charge < -0.3 is 30.6 Å². The highest BCUT2D eigenvalue weighted by molar-refractivity contribution is 5.90. The summed E-state index contributed by atoms with van der Waals surface area (Å²) in [5.74, 6) is 0.0887. The van der Waals surface area contributed by atoms with Crippen molar-refractivity contribution in [1.29, 1.82) is 0 Å². The van der Waals surface area contributed by atoms with Gasteiger partial charge in [-0.25, -0.2) is 4.98 Å². The molecule has 4 bridgehead atoms. The number of amides is 4. The summed E-state index contributed by atoms with van der Waals surface area (Å²) in [6.07, 6.45) is 6.34. The van der Waals surface area contributed by atoms with Crippen LogP contribution in [0.25, 0.3) is 0 Å². The van der Waals surface area contributed by atoms with Crippen molar-refractivity contribution in [2.24, 2.45) is 18.7 Å². The molecule has 2 aromatic rings. The van der Waals surface area contributed by atoms with Gasteiger partial charge in [-0.1, -0.05) is 6.07 Å². The number of benzene rings is 1. The Morgan fingerprint density at radius 3 is 2.66 bits per heavy atom. The molecular weight excluding hydrogens is 488 g/mol. The number of hydrogen-bond acceptors (Lipinski definition) is 6. The summed E-state index contributed by atoms with van der Waals surface area (Å²) in [5.41, 5.74) is 6.91. The zero-order valence-electron chi connectivity index (χ0n) is 22.4. The van der Waals surface area contributed by atoms with Crippen LogP contribution in [-0.4, -0.2) is 57.8 Å². The van der Waals surface area contributed by atoms with E-state index < -0.39 is 6.04 Å². The fourth-order valence-corrected chi connectivity index (χ4v) is 4.55. The van der Waals surface area contributed by atoms with Crippen molar-refractivity contribution in [3.05, 3.63) is 47.5 Å². The Bertz CT molecular complexity index is 1140. The highest BCUT2D eigenvalue weighted by Crippen LogP contribution is 2.23. The van der Waals surface area contributed by atoms with Gasteiger partial charge >= 0.3 is 0 Å². The number of nitrogens with one attached hydrogen (secondary N) is 2. The lowest BCUT2D eigenvalue weighted by atomic mass is 9.95. The van der Waals surface area contributed by atoms with E-state index in [1.54, 1.807) is 24.1 Å². The molecule has 0 saturated carbocycles. The minimum absolute atomic E-state index is 0.0242. The number of imidazole rings is 1. The summed E-state index contributed by atoms with van der Waals surface area (Å²) in [7, 11) is 1.80. The van der Waals surface area contributed by atoms with Crippen LogP contribution in [0.3, 0.4) is 0 Å². The third-order valence-corrected chi connectivity index (χ3v) is 6.59. The van der Waals surface area contributed by atoms with Crippen LogP contribution in [0.4, 0.5) is 0 Å². The maximum atomic E-state index is 13.1. The summed E-state index contributed by atoms with van der Waals surface area (Å²) in [6.45, 7) is 5.59. The standard InChI is InChI=1S/C25H33N5O4.C2H5NO/c1-17-5-6-20-12-19(17)13-26-25(33)24(21-15-29(2)16-27-21)28-22(31)7-8-23(32)30-10-3-4-18(14-30)9-11-34-20;1-2(3)4/h5-6,12,15-16,18,24H,3-4,7-11,13-14H2,1-2H3,(H,26,33)(H,28,31);1H3,(H2,3,4). The predicted octanol–water partition coefficient (Wildman–Crippen LogP) is 1.50. The summed E-state index contributed by atoms with van der Waals surface area (Å²) >= 11 is 0. The molecule has 0 aliphatic carbocycles.